The Hall–Kier alpha value is -3.41. The van der Waals surface area contributed by atoms with Gasteiger partial charge in [0.2, 0.25) is 5.91 Å². The molecule has 0 aliphatic carbocycles. The van der Waals surface area contributed by atoms with Crippen molar-refractivity contribution < 1.29 is 41.0 Å². The number of nitrogens with zero attached hydrogens (tertiary/aromatic N) is 4. The highest BCUT2D eigenvalue weighted by Gasteiger charge is 2.42. The molecule has 2 unspecified atom stereocenters. The van der Waals surface area contributed by atoms with Crippen molar-refractivity contribution in [3.8, 4) is 5.75 Å². The Labute approximate surface area is 248 Å². The van der Waals surface area contributed by atoms with E-state index < -0.39 is 52.5 Å². The predicted octanol–water partition coefficient (Wildman–Crippen LogP) is 2.77. The fourth-order valence-electron chi connectivity index (χ4n) is 4.98. The van der Waals surface area contributed by atoms with Crippen LogP contribution in [0.4, 0.5) is 24.1 Å². The summed E-state index contributed by atoms with van der Waals surface area (Å²) in [5, 5.41) is 11.1. The molecular formula is C24H26ClF3N6O6S2. The van der Waals surface area contributed by atoms with Gasteiger partial charge >= 0.3 is 12.3 Å². The van der Waals surface area contributed by atoms with Crippen molar-refractivity contribution in [2.45, 2.75) is 48.3 Å². The molecule has 2 fully saturated rings. The van der Waals surface area contributed by atoms with Gasteiger partial charge in [0.05, 0.1) is 6.20 Å². The lowest BCUT2D eigenvalue weighted by Gasteiger charge is -2.26. The van der Waals surface area contributed by atoms with Gasteiger partial charge in [-0.1, -0.05) is 11.3 Å². The second kappa shape index (κ2) is 12.1. The first kappa shape index (κ1) is 31.5. The standard InChI is InChI=1S/C24H25F3N6O6S2.ClH/c25-24(26,27)39-18-11-15-13(3-5-29-20(15)28)9-14(18)10-17(22(35)36)33-8-4-16(21(33)34)31-41(37,38)19-12-30-23(40-19)32-6-1-2-7-32;/h3,5,9,11-12,16-17,31H,1-2,4,6-8,10H2,(H2,28,29)(H,35,36);1H. The molecule has 2 aromatic heterocycles. The summed E-state index contributed by atoms with van der Waals surface area (Å²) in [6, 6.07) is 0.949. The molecule has 2 aliphatic rings. The van der Waals surface area contributed by atoms with Crippen molar-refractivity contribution in [1.82, 2.24) is 19.6 Å². The number of nitrogen functional groups attached to an aromatic ring is 1. The molecule has 0 spiro atoms. The zero-order valence-electron chi connectivity index (χ0n) is 21.7. The summed E-state index contributed by atoms with van der Waals surface area (Å²) in [7, 11) is -4.15. The number of anilines is 2. The molecule has 18 heteroatoms. The Morgan fingerprint density at radius 1 is 1.24 bits per heavy atom. The first-order valence-electron chi connectivity index (χ1n) is 12.5. The molecule has 5 rings (SSSR count). The largest absolute Gasteiger partial charge is 0.573 e. The highest BCUT2D eigenvalue weighted by molar-refractivity contribution is 7.91. The number of carbonyl (C=O) groups is 2. The van der Waals surface area contributed by atoms with E-state index in [1.165, 1.54) is 24.5 Å². The number of nitrogens with one attached hydrogen (secondary N) is 1. The van der Waals surface area contributed by atoms with Crippen LogP contribution in [0.3, 0.4) is 0 Å². The topological polar surface area (TPSA) is 168 Å². The molecule has 2 saturated heterocycles. The second-order valence-corrected chi connectivity index (χ2v) is 12.6. The number of halogens is 4. The maximum Gasteiger partial charge on any atom is 0.573 e. The summed E-state index contributed by atoms with van der Waals surface area (Å²) in [5.41, 5.74) is 5.65. The van der Waals surface area contributed by atoms with Crippen LogP contribution in [0.2, 0.25) is 0 Å². The number of amides is 1. The van der Waals surface area contributed by atoms with E-state index in [4.69, 9.17) is 5.73 Å². The predicted molar refractivity (Wildman–Crippen MR) is 149 cm³/mol. The van der Waals surface area contributed by atoms with Gasteiger partial charge in [-0.05, 0) is 48.4 Å². The van der Waals surface area contributed by atoms with Gasteiger partial charge in [0, 0.05) is 37.6 Å². The van der Waals surface area contributed by atoms with Crippen molar-refractivity contribution in [3.05, 3.63) is 36.2 Å². The SMILES string of the molecule is Cl.Nc1nccc2cc(CC(C(=O)O)N3CCC(NS(=O)(=O)c4cnc(N5CCCC5)s4)C3=O)c(OC(F)(F)F)cc12. The van der Waals surface area contributed by atoms with Crippen LogP contribution >= 0.6 is 23.7 Å². The fourth-order valence-corrected chi connectivity index (χ4v) is 7.39. The van der Waals surface area contributed by atoms with E-state index in [9.17, 15) is 36.3 Å². The van der Waals surface area contributed by atoms with E-state index in [0.29, 0.717) is 10.5 Å². The number of rotatable bonds is 9. The molecule has 1 aromatic carbocycles. The first-order chi connectivity index (χ1) is 19.3. The van der Waals surface area contributed by atoms with E-state index in [2.05, 4.69) is 19.4 Å². The molecule has 4 heterocycles. The molecule has 3 aromatic rings. The molecule has 12 nitrogen and oxygen atoms in total. The van der Waals surface area contributed by atoms with Gasteiger partial charge in [0.25, 0.3) is 10.0 Å². The first-order valence-corrected chi connectivity index (χ1v) is 14.8. The van der Waals surface area contributed by atoms with E-state index in [1.807, 2.05) is 4.90 Å². The van der Waals surface area contributed by atoms with Crippen LogP contribution in [0.5, 0.6) is 5.75 Å². The minimum absolute atomic E-state index is 0. The lowest BCUT2D eigenvalue weighted by Crippen LogP contribution is -2.48. The molecule has 4 N–H and O–H groups in total. The number of benzene rings is 1. The highest BCUT2D eigenvalue weighted by Crippen LogP contribution is 2.34. The quantitative estimate of drug-likeness (QED) is 0.313. The summed E-state index contributed by atoms with van der Waals surface area (Å²) in [5.74, 6) is -3.02. The number of hydrogen-bond donors (Lipinski definition) is 3. The zero-order valence-corrected chi connectivity index (χ0v) is 24.2. The Morgan fingerprint density at radius 2 is 1.95 bits per heavy atom. The van der Waals surface area contributed by atoms with Gasteiger partial charge in [-0.2, -0.15) is 4.72 Å². The normalized spacial score (nSPS) is 18.4. The van der Waals surface area contributed by atoms with E-state index in [-0.39, 0.29) is 46.3 Å². The lowest BCUT2D eigenvalue weighted by molar-refractivity contribution is -0.274. The Balaban J connectivity index is 0.00000405. The van der Waals surface area contributed by atoms with Crippen LogP contribution in [0.15, 0.2) is 34.8 Å². The van der Waals surface area contributed by atoms with Gasteiger partial charge in [0.1, 0.15) is 23.7 Å². The molecule has 0 saturated carbocycles. The smallest absolute Gasteiger partial charge is 0.480 e. The van der Waals surface area contributed by atoms with Crippen molar-refractivity contribution in [1.29, 1.82) is 0 Å². The maximum absolute atomic E-state index is 13.2. The Bertz CT molecular complexity index is 1600. The minimum Gasteiger partial charge on any atom is -0.480 e. The summed E-state index contributed by atoms with van der Waals surface area (Å²) in [6.07, 6.45) is -1.16. The molecule has 0 bridgehead atoms. The Kier molecular flexibility index (Phi) is 9.05. The van der Waals surface area contributed by atoms with Gasteiger partial charge in [0.15, 0.2) is 9.34 Å². The number of alkyl halides is 3. The number of sulfonamides is 1. The fraction of sp³-hybridized carbons (Fsp3) is 0.417. The zero-order chi connectivity index (χ0) is 29.5. The van der Waals surface area contributed by atoms with Crippen molar-refractivity contribution >= 4 is 67.4 Å². The molecular weight excluding hydrogens is 625 g/mol. The van der Waals surface area contributed by atoms with Crippen LogP contribution < -0.4 is 20.1 Å². The monoisotopic (exact) mass is 650 g/mol. The number of aromatic nitrogens is 2. The van der Waals surface area contributed by atoms with Crippen LogP contribution in [0.25, 0.3) is 10.8 Å². The molecule has 42 heavy (non-hydrogen) atoms. The number of aliphatic carboxylic acids is 1. The molecule has 2 atom stereocenters. The van der Waals surface area contributed by atoms with Crippen molar-refractivity contribution in [2.75, 3.05) is 30.3 Å². The van der Waals surface area contributed by atoms with Crippen LogP contribution in [-0.4, -0.2) is 78.3 Å². The number of carboxylic acids is 1. The maximum atomic E-state index is 13.2. The molecule has 0 radical (unpaired) electrons. The number of carboxylic acid groups (broad SMARTS) is 1. The molecule has 228 valence electrons. The Morgan fingerprint density at radius 3 is 2.62 bits per heavy atom. The number of hydrogen-bond acceptors (Lipinski definition) is 10. The second-order valence-electron chi connectivity index (χ2n) is 9.63. The van der Waals surface area contributed by atoms with E-state index >= 15 is 0 Å². The van der Waals surface area contributed by atoms with Crippen molar-refractivity contribution in [3.63, 3.8) is 0 Å². The number of thiazole rings is 1. The van der Waals surface area contributed by atoms with Crippen LogP contribution in [0, 0.1) is 0 Å². The number of carbonyl (C=O) groups excluding carboxylic acids is 1. The highest BCUT2D eigenvalue weighted by atomic mass is 35.5. The minimum atomic E-state index is -5.09. The molecule has 1 amide bonds. The van der Waals surface area contributed by atoms with Gasteiger partial charge < -0.3 is 25.4 Å². The van der Waals surface area contributed by atoms with Crippen LogP contribution in [-0.2, 0) is 26.0 Å². The number of ether oxygens (including phenoxy) is 1. The van der Waals surface area contributed by atoms with Crippen molar-refractivity contribution in [2.24, 2.45) is 0 Å². The third-order valence-electron chi connectivity index (χ3n) is 6.93. The third-order valence-corrected chi connectivity index (χ3v) is 9.92. The van der Waals surface area contributed by atoms with Gasteiger partial charge in [-0.15, -0.1) is 25.6 Å². The summed E-state index contributed by atoms with van der Waals surface area (Å²) in [6.45, 7) is 1.40. The average Bonchev–Trinajstić information content (AvgIpc) is 3.65. The summed E-state index contributed by atoms with van der Waals surface area (Å²) in [4.78, 5) is 36.4. The number of nitrogens with two attached hydrogens (primary N) is 1. The average molecular weight is 651 g/mol. The number of fused-ring (bicyclic) bond motifs is 1. The molecule has 2 aliphatic heterocycles. The van der Waals surface area contributed by atoms with Crippen LogP contribution in [0.1, 0.15) is 24.8 Å². The van der Waals surface area contributed by atoms with E-state index in [1.54, 1.807) is 0 Å². The lowest BCUT2D eigenvalue weighted by atomic mass is 10.00. The number of pyridine rings is 1. The van der Waals surface area contributed by atoms with E-state index in [0.717, 1.165) is 48.2 Å². The number of likely N-dealkylation sites (tertiary alicyclic amines) is 1. The van der Waals surface area contributed by atoms with Gasteiger partial charge in [-0.25, -0.2) is 23.2 Å². The summed E-state index contributed by atoms with van der Waals surface area (Å²) >= 11 is 0.970. The third kappa shape index (κ3) is 6.63. The van der Waals surface area contributed by atoms with Gasteiger partial charge in [-0.3, -0.25) is 4.79 Å². The summed E-state index contributed by atoms with van der Waals surface area (Å²) < 4.78 is 72.0.